The maximum Gasteiger partial charge on any atom is 0.254 e. The van der Waals surface area contributed by atoms with Crippen molar-refractivity contribution in [2.45, 2.75) is 32.2 Å². The SMILES string of the molecule is CCc1ccccc1C(=O)N(C)C1CCNCC1.Cl. The second kappa shape index (κ2) is 7.51. The molecule has 1 aromatic rings. The van der Waals surface area contributed by atoms with E-state index in [1.165, 1.54) is 0 Å². The monoisotopic (exact) mass is 282 g/mol. The van der Waals surface area contributed by atoms with E-state index < -0.39 is 0 Å². The van der Waals surface area contributed by atoms with E-state index in [4.69, 9.17) is 0 Å². The number of aryl methyl sites for hydroxylation is 1. The summed E-state index contributed by atoms with van der Waals surface area (Å²) in [5.74, 6) is 0.166. The molecule has 1 heterocycles. The molecule has 1 aliphatic rings. The van der Waals surface area contributed by atoms with Crippen LogP contribution in [0.2, 0.25) is 0 Å². The van der Waals surface area contributed by atoms with Gasteiger partial charge in [-0.2, -0.15) is 0 Å². The number of benzene rings is 1. The summed E-state index contributed by atoms with van der Waals surface area (Å²) < 4.78 is 0. The van der Waals surface area contributed by atoms with E-state index in [0.29, 0.717) is 6.04 Å². The molecule has 1 aliphatic heterocycles. The predicted molar refractivity (Wildman–Crippen MR) is 81.1 cm³/mol. The van der Waals surface area contributed by atoms with Gasteiger partial charge in [-0.05, 0) is 44.0 Å². The molecule has 4 heteroatoms. The molecule has 1 saturated heterocycles. The van der Waals surface area contributed by atoms with Crippen molar-refractivity contribution in [1.82, 2.24) is 10.2 Å². The largest absolute Gasteiger partial charge is 0.339 e. The van der Waals surface area contributed by atoms with Crippen LogP contribution in [0.1, 0.15) is 35.7 Å². The number of halogens is 1. The lowest BCUT2D eigenvalue weighted by Gasteiger charge is -2.32. The molecule has 0 radical (unpaired) electrons. The molecule has 1 fully saturated rings. The van der Waals surface area contributed by atoms with Crippen LogP contribution in [0, 0.1) is 0 Å². The summed E-state index contributed by atoms with van der Waals surface area (Å²) in [7, 11) is 1.94. The maximum absolute atomic E-state index is 12.5. The lowest BCUT2D eigenvalue weighted by molar-refractivity contribution is 0.0702. The van der Waals surface area contributed by atoms with Crippen LogP contribution in [-0.4, -0.2) is 37.0 Å². The van der Waals surface area contributed by atoms with E-state index in [2.05, 4.69) is 12.2 Å². The molecule has 0 aromatic heterocycles. The third-order valence-corrected chi connectivity index (χ3v) is 3.81. The third-order valence-electron chi connectivity index (χ3n) is 3.81. The quantitative estimate of drug-likeness (QED) is 0.924. The van der Waals surface area contributed by atoms with Crippen molar-refractivity contribution in [1.29, 1.82) is 0 Å². The van der Waals surface area contributed by atoms with Gasteiger partial charge < -0.3 is 10.2 Å². The van der Waals surface area contributed by atoms with E-state index >= 15 is 0 Å². The molecule has 1 amide bonds. The van der Waals surface area contributed by atoms with Gasteiger partial charge in [0.15, 0.2) is 0 Å². The molecule has 3 nitrogen and oxygen atoms in total. The molecule has 2 rings (SSSR count). The second-order valence-electron chi connectivity index (χ2n) is 4.91. The van der Waals surface area contributed by atoms with Crippen LogP contribution in [0.5, 0.6) is 0 Å². The zero-order valence-electron chi connectivity index (χ0n) is 11.7. The zero-order chi connectivity index (χ0) is 13.0. The van der Waals surface area contributed by atoms with Gasteiger partial charge in [-0.1, -0.05) is 25.1 Å². The number of hydrogen-bond donors (Lipinski definition) is 1. The summed E-state index contributed by atoms with van der Waals surface area (Å²) in [6.07, 6.45) is 3.01. The molecule has 0 bridgehead atoms. The minimum atomic E-state index is 0. The fourth-order valence-electron chi connectivity index (χ4n) is 2.59. The Hall–Kier alpha value is -1.06. The van der Waals surface area contributed by atoms with Gasteiger partial charge in [0.1, 0.15) is 0 Å². The first-order valence-electron chi connectivity index (χ1n) is 6.79. The van der Waals surface area contributed by atoms with E-state index in [1.54, 1.807) is 0 Å². The lowest BCUT2D eigenvalue weighted by atomic mass is 10.0. The molecule has 1 N–H and O–H groups in total. The van der Waals surface area contributed by atoms with Crippen molar-refractivity contribution >= 4 is 18.3 Å². The Morgan fingerprint density at radius 3 is 2.58 bits per heavy atom. The molecular weight excluding hydrogens is 260 g/mol. The Labute approximate surface area is 121 Å². The van der Waals surface area contributed by atoms with Crippen molar-refractivity contribution in [2.75, 3.05) is 20.1 Å². The predicted octanol–water partition coefficient (Wildman–Crippen LogP) is 2.49. The molecular formula is C15H23ClN2O. The Balaban J connectivity index is 0.00000180. The number of rotatable bonds is 3. The molecule has 0 aliphatic carbocycles. The van der Waals surface area contributed by atoms with Crippen LogP contribution in [0.25, 0.3) is 0 Å². The summed E-state index contributed by atoms with van der Waals surface area (Å²) in [6, 6.07) is 8.31. The number of hydrogen-bond acceptors (Lipinski definition) is 2. The first kappa shape index (κ1) is 16.0. The Bertz CT molecular complexity index is 416. The highest BCUT2D eigenvalue weighted by Gasteiger charge is 2.23. The molecule has 0 atom stereocenters. The van der Waals surface area contributed by atoms with Crippen molar-refractivity contribution in [3.63, 3.8) is 0 Å². The van der Waals surface area contributed by atoms with Crippen LogP contribution in [0.4, 0.5) is 0 Å². The lowest BCUT2D eigenvalue weighted by Crippen LogP contribution is -2.44. The fraction of sp³-hybridized carbons (Fsp3) is 0.533. The first-order chi connectivity index (χ1) is 8.74. The second-order valence-corrected chi connectivity index (χ2v) is 4.91. The van der Waals surface area contributed by atoms with Gasteiger partial charge in [-0.3, -0.25) is 4.79 Å². The number of piperidine rings is 1. The number of amides is 1. The van der Waals surface area contributed by atoms with Crippen molar-refractivity contribution in [3.8, 4) is 0 Å². The van der Waals surface area contributed by atoms with Gasteiger partial charge in [0.05, 0.1) is 0 Å². The molecule has 0 spiro atoms. The van der Waals surface area contributed by atoms with Crippen LogP contribution in [0.3, 0.4) is 0 Å². The topological polar surface area (TPSA) is 32.3 Å². The van der Waals surface area contributed by atoms with E-state index in [9.17, 15) is 4.79 Å². The van der Waals surface area contributed by atoms with Crippen molar-refractivity contribution < 1.29 is 4.79 Å². The summed E-state index contributed by atoms with van der Waals surface area (Å²) in [4.78, 5) is 14.5. The Morgan fingerprint density at radius 1 is 1.32 bits per heavy atom. The van der Waals surface area contributed by atoms with Gasteiger partial charge in [-0.15, -0.1) is 12.4 Å². The van der Waals surface area contributed by atoms with Crippen LogP contribution < -0.4 is 5.32 Å². The third kappa shape index (κ3) is 3.71. The molecule has 0 saturated carbocycles. The Morgan fingerprint density at radius 2 is 1.95 bits per heavy atom. The number of carbonyl (C=O) groups is 1. The fourth-order valence-corrected chi connectivity index (χ4v) is 2.59. The van der Waals surface area contributed by atoms with E-state index in [1.807, 2.05) is 36.2 Å². The highest BCUT2D eigenvalue weighted by Crippen LogP contribution is 2.16. The van der Waals surface area contributed by atoms with Gasteiger partial charge in [0, 0.05) is 18.7 Å². The van der Waals surface area contributed by atoms with Crippen LogP contribution in [0.15, 0.2) is 24.3 Å². The highest BCUT2D eigenvalue weighted by atomic mass is 35.5. The van der Waals surface area contributed by atoms with Gasteiger partial charge in [0.2, 0.25) is 0 Å². The van der Waals surface area contributed by atoms with Crippen LogP contribution >= 0.6 is 12.4 Å². The zero-order valence-corrected chi connectivity index (χ0v) is 12.5. The number of carbonyl (C=O) groups excluding carboxylic acids is 1. The normalized spacial score (nSPS) is 15.7. The Kier molecular flexibility index (Phi) is 6.32. The minimum absolute atomic E-state index is 0. The summed E-state index contributed by atoms with van der Waals surface area (Å²) >= 11 is 0. The molecule has 106 valence electrons. The molecule has 19 heavy (non-hydrogen) atoms. The highest BCUT2D eigenvalue weighted by molar-refractivity contribution is 5.95. The summed E-state index contributed by atoms with van der Waals surface area (Å²) in [5.41, 5.74) is 2.00. The average Bonchev–Trinajstić information content (AvgIpc) is 2.46. The van der Waals surface area contributed by atoms with Crippen LogP contribution in [-0.2, 0) is 6.42 Å². The van der Waals surface area contributed by atoms with Gasteiger partial charge in [-0.25, -0.2) is 0 Å². The smallest absolute Gasteiger partial charge is 0.254 e. The standard InChI is InChI=1S/C15H22N2O.ClH/c1-3-12-6-4-5-7-14(12)15(18)17(2)13-8-10-16-11-9-13;/h4-7,13,16H,3,8-11H2,1-2H3;1H. The van der Waals surface area contributed by atoms with Crippen molar-refractivity contribution in [2.24, 2.45) is 0 Å². The minimum Gasteiger partial charge on any atom is -0.339 e. The number of nitrogens with one attached hydrogen (secondary N) is 1. The van der Waals surface area contributed by atoms with E-state index in [-0.39, 0.29) is 18.3 Å². The first-order valence-corrected chi connectivity index (χ1v) is 6.79. The summed E-state index contributed by atoms with van der Waals surface area (Å²) in [5, 5.41) is 3.33. The van der Waals surface area contributed by atoms with Crippen molar-refractivity contribution in [3.05, 3.63) is 35.4 Å². The molecule has 0 unspecified atom stereocenters. The maximum atomic E-state index is 12.5. The van der Waals surface area contributed by atoms with E-state index in [0.717, 1.165) is 43.5 Å². The molecule has 1 aromatic carbocycles. The average molecular weight is 283 g/mol. The van der Waals surface area contributed by atoms with Gasteiger partial charge in [0.25, 0.3) is 5.91 Å². The number of nitrogens with zero attached hydrogens (tertiary/aromatic N) is 1. The van der Waals surface area contributed by atoms with Gasteiger partial charge >= 0.3 is 0 Å². The summed E-state index contributed by atoms with van der Waals surface area (Å²) in [6.45, 7) is 4.12.